The topological polar surface area (TPSA) is 59.0 Å². The van der Waals surface area contributed by atoms with Gasteiger partial charge in [0.1, 0.15) is 22.9 Å². The lowest BCUT2D eigenvalue weighted by molar-refractivity contribution is -0.0497. The van der Waals surface area contributed by atoms with Crippen molar-refractivity contribution < 1.29 is 25.2 Å². The molecule has 0 bridgehead atoms. The van der Waals surface area contributed by atoms with E-state index in [4.69, 9.17) is 9.47 Å². The molecule has 5 nitrogen and oxygen atoms in total. The van der Waals surface area contributed by atoms with Crippen molar-refractivity contribution in [1.29, 1.82) is 0 Å². The van der Waals surface area contributed by atoms with Gasteiger partial charge >= 0.3 is 0 Å². The highest BCUT2D eigenvalue weighted by Crippen LogP contribution is 2.44. The zero-order chi connectivity index (χ0) is 21.5. The van der Waals surface area contributed by atoms with Gasteiger partial charge in [0.2, 0.25) is 0 Å². The van der Waals surface area contributed by atoms with Crippen LogP contribution in [0.1, 0.15) is 62.1 Å². The van der Waals surface area contributed by atoms with E-state index in [9.17, 15) is 14.3 Å². The molecule has 0 saturated carbocycles. The Morgan fingerprint density at radius 3 is 2.67 bits per heavy atom. The first-order chi connectivity index (χ1) is 14.3. The Kier molecular flexibility index (Phi) is 5.45. The van der Waals surface area contributed by atoms with Crippen LogP contribution >= 0.6 is 0 Å². The van der Waals surface area contributed by atoms with Gasteiger partial charge in [-0.05, 0) is 62.7 Å². The van der Waals surface area contributed by atoms with E-state index in [1.165, 1.54) is 12.1 Å². The minimum absolute atomic E-state index is 0. The van der Waals surface area contributed by atoms with Crippen molar-refractivity contribution in [2.24, 2.45) is 0 Å². The summed E-state index contributed by atoms with van der Waals surface area (Å²) in [5.74, 6) is 0.931. The average molecular weight is 416 g/mol. The monoisotopic (exact) mass is 415 g/mol. The van der Waals surface area contributed by atoms with Crippen molar-refractivity contribution in [3.8, 4) is 11.5 Å². The molecule has 30 heavy (non-hydrogen) atoms. The van der Waals surface area contributed by atoms with Crippen LogP contribution in [0.5, 0.6) is 11.5 Å². The zero-order valence-corrected chi connectivity index (χ0v) is 17.7. The van der Waals surface area contributed by atoms with Crippen LogP contribution in [0, 0.1) is 12.7 Å². The van der Waals surface area contributed by atoms with E-state index >= 15 is 0 Å². The lowest BCUT2D eigenvalue weighted by Gasteiger charge is -2.46. The van der Waals surface area contributed by atoms with Crippen LogP contribution < -0.4 is 9.47 Å². The Morgan fingerprint density at radius 1 is 1.27 bits per heavy atom. The van der Waals surface area contributed by atoms with Crippen molar-refractivity contribution >= 4 is 5.91 Å². The van der Waals surface area contributed by atoms with Crippen LogP contribution in [-0.2, 0) is 0 Å². The minimum atomic E-state index is -0.761. The second kappa shape index (κ2) is 7.91. The number of amides is 1. The van der Waals surface area contributed by atoms with Crippen LogP contribution in [0.3, 0.4) is 0 Å². The first-order valence-corrected chi connectivity index (χ1v) is 10.5. The van der Waals surface area contributed by atoms with E-state index in [-0.39, 0.29) is 19.3 Å². The molecule has 6 heteroatoms. The summed E-state index contributed by atoms with van der Waals surface area (Å²) in [7, 11) is 0. The molecule has 1 amide bonds. The fourth-order valence-corrected chi connectivity index (χ4v) is 4.38. The smallest absolute Gasteiger partial charge is 0.253 e. The summed E-state index contributed by atoms with van der Waals surface area (Å²) < 4.78 is 25.5. The number of aliphatic hydroxyl groups is 1. The Balaban J connectivity index is 0.00000272. The maximum absolute atomic E-state index is 13.5. The zero-order valence-electron chi connectivity index (χ0n) is 17.7. The van der Waals surface area contributed by atoms with Crippen molar-refractivity contribution in [2.75, 3.05) is 13.1 Å². The summed E-state index contributed by atoms with van der Waals surface area (Å²) in [4.78, 5) is 14.8. The summed E-state index contributed by atoms with van der Waals surface area (Å²) >= 11 is 0. The molecule has 2 aliphatic heterocycles. The van der Waals surface area contributed by atoms with Crippen molar-refractivity contribution in [2.45, 2.75) is 57.8 Å². The number of aliphatic hydroxyl groups excluding tert-OH is 1. The number of nitrogens with zero attached hydrogens (tertiary/aromatic N) is 1. The highest BCUT2D eigenvalue weighted by atomic mass is 19.1. The van der Waals surface area contributed by atoms with Crippen molar-refractivity contribution in [3.63, 3.8) is 0 Å². The van der Waals surface area contributed by atoms with Gasteiger partial charge in [0.05, 0.1) is 12.2 Å². The van der Waals surface area contributed by atoms with E-state index in [0.717, 1.165) is 11.3 Å². The fourth-order valence-electron chi connectivity index (χ4n) is 4.38. The first kappa shape index (κ1) is 20.7. The van der Waals surface area contributed by atoms with Gasteiger partial charge in [0.15, 0.2) is 0 Å². The number of rotatable bonds is 3. The van der Waals surface area contributed by atoms with Crippen LogP contribution in [0.25, 0.3) is 0 Å². The Bertz CT molecular complexity index is 957. The molecule has 0 radical (unpaired) electrons. The second-order valence-corrected chi connectivity index (χ2v) is 8.63. The molecule has 2 aromatic carbocycles. The van der Waals surface area contributed by atoms with E-state index in [1.54, 1.807) is 6.07 Å². The molecule has 2 heterocycles. The van der Waals surface area contributed by atoms with Gasteiger partial charge < -0.3 is 19.5 Å². The molecule has 0 unspecified atom stereocenters. The number of benzene rings is 2. The number of hydrogen-bond donors (Lipinski definition) is 1. The molecule has 1 N–H and O–H groups in total. The van der Waals surface area contributed by atoms with Gasteiger partial charge in [-0.2, -0.15) is 0 Å². The lowest BCUT2D eigenvalue weighted by atomic mass is 9.81. The Morgan fingerprint density at radius 2 is 2.00 bits per heavy atom. The molecule has 1 saturated heterocycles. The van der Waals surface area contributed by atoms with Crippen molar-refractivity contribution in [1.82, 2.24) is 4.90 Å². The molecule has 2 aliphatic rings. The third-order valence-corrected chi connectivity index (χ3v) is 5.97. The molecule has 4 rings (SSSR count). The van der Waals surface area contributed by atoms with Gasteiger partial charge in [-0.1, -0.05) is 0 Å². The number of piperidine rings is 1. The van der Waals surface area contributed by atoms with Gasteiger partial charge in [-0.3, -0.25) is 4.79 Å². The molecule has 1 spiro atoms. The number of carbonyl (C=O) groups is 1. The normalized spacial score (nSPS) is 20.1. The molecule has 1 atom stereocenters. The molecular formula is C24H30FNO4. The number of halogens is 1. The number of likely N-dealkylation sites (tertiary alicyclic amines) is 1. The second-order valence-electron chi connectivity index (χ2n) is 8.63. The lowest BCUT2D eigenvalue weighted by Crippen LogP contribution is -2.51. The standard InChI is InChI=1S/C24H28FNO4.H2/c1-15(2)29-21-6-4-17(12-16(21)3)23(28)26-10-8-24(9-11-26)14-20(27)19-13-18(25)5-7-22(19)30-24;/h4-7,12-13,15,20,27H,8-11,14H2,1-3H3;1H/t20-;/m1./s1. The van der Waals surface area contributed by atoms with E-state index < -0.39 is 11.7 Å². The predicted molar refractivity (Wildman–Crippen MR) is 114 cm³/mol. The highest BCUT2D eigenvalue weighted by molar-refractivity contribution is 5.94. The van der Waals surface area contributed by atoms with Gasteiger partial charge in [0, 0.05) is 44.9 Å². The van der Waals surface area contributed by atoms with Crippen LogP contribution in [0.2, 0.25) is 0 Å². The molecule has 1 fully saturated rings. The van der Waals surface area contributed by atoms with E-state index in [2.05, 4.69) is 0 Å². The average Bonchev–Trinajstić information content (AvgIpc) is 2.70. The largest absolute Gasteiger partial charge is 0.491 e. The number of aryl methyl sites for hydroxylation is 1. The number of carbonyl (C=O) groups excluding carboxylic acids is 1. The summed E-state index contributed by atoms with van der Waals surface area (Å²) in [5, 5.41) is 10.5. The molecular weight excluding hydrogens is 385 g/mol. The third-order valence-electron chi connectivity index (χ3n) is 5.97. The summed E-state index contributed by atoms with van der Waals surface area (Å²) in [6.45, 7) is 6.98. The summed E-state index contributed by atoms with van der Waals surface area (Å²) in [5.41, 5.74) is 1.56. The van der Waals surface area contributed by atoms with Crippen LogP contribution in [-0.4, -0.2) is 40.7 Å². The minimum Gasteiger partial charge on any atom is -0.491 e. The number of hydrogen-bond acceptors (Lipinski definition) is 4. The summed E-state index contributed by atoms with van der Waals surface area (Å²) in [6.07, 6.45) is 0.977. The van der Waals surface area contributed by atoms with Crippen LogP contribution in [0.4, 0.5) is 4.39 Å². The van der Waals surface area contributed by atoms with Gasteiger partial charge in [0.25, 0.3) is 5.91 Å². The summed E-state index contributed by atoms with van der Waals surface area (Å²) in [6, 6.07) is 9.79. The SMILES string of the molecule is Cc1cc(C(=O)N2CCC3(CC2)C[C@@H](O)c2cc(F)ccc2O3)ccc1OC(C)C.[HH]. The van der Waals surface area contributed by atoms with E-state index in [1.807, 2.05) is 43.9 Å². The quantitative estimate of drug-likeness (QED) is 0.792. The maximum atomic E-state index is 13.5. The predicted octanol–water partition coefficient (Wildman–Crippen LogP) is 4.66. The number of ether oxygens (including phenoxy) is 2. The molecule has 162 valence electrons. The van der Waals surface area contributed by atoms with Crippen molar-refractivity contribution in [3.05, 3.63) is 58.9 Å². The van der Waals surface area contributed by atoms with Gasteiger partial charge in [-0.25, -0.2) is 4.39 Å². The Hall–Kier alpha value is -2.60. The molecule has 2 aromatic rings. The Labute approximate surface area is 177 Å². The third kappa shape index (κ3) is 4.01. The maximum Gasteiger partial charge on any atom is 0.253 e. The highest BCUT2D eigenvalue weighted by Gasteiger charge is 2.43. The fraction of sp³-hybridized carbons (Fsp3) is 0.458. The first-order valence-electron chi connectivity index (χ1n) is 10.5. The number of fused-ring (bicyclic) bond motifs is 1. The van der Waals surface area contributed by atoms with Gasteiger partial charge in [-0.15, -0.1) is 0 Å². The molecule has 0 aliphatic carbocycles. The van der Waals surface area contributed by atoms with E-state index in [0.29, 0.717) is 49.2 Å². The van der Waals surface area contributed by atoms with Crippen LogP contribution in [0.15, 0.2) is 36.4 Å². The molecule has 0 aromatic heterocycles.